The third-order valence-electron chi connectivity index (χ3n) is 6.49. The number of rotatable bonds is 9. The zero-order chi connectivity index (χ0) is 25.8. The lowest BCUT2D eigenvalue weighted by Crippen LogP contribution is -2.47. The molecule has 1 aromatic heterocycles. The lowest BCUT2D eigenvalue weighted by atomic mass is 10.2. The van der Waals surface area contributed by atoms with Crippen molar-refractivity contribution in [1.82, 2.24) is 19.8 Å². The summed E-state index contributed by atoms with van der Waals surface area (Å²) in [6.07, 6.45) is 0.976. The second kappa shape index (κ2) is 10.9. The van der Waals surface area contributed by atoms with Crippen LogP contribution in [0.1, 0.15) is 19.2 Å². The largest absolute Gasteiger partial charge is 0.442 e. The van der Waals surface area contributed by atoms with Crippen LogP contribution in [0.3, 0.4) is 0 Å². The van der Waals surface area contributed by atoms with Crippen LogP contribution in [0.5, 0.6) is 0 Å². The number of piperazine rings is 1. The zero-order valence-electron chi connectivity index (χ0n) is 20.4. The minimum atomic E-state index is -0.567. The maximum atomic E-state index is 15.0. The lowest BCUT2D eigenvalue weighted by molar-refractivity contribution is -0.392. The van der Waals surface area contributed by atoms with E-state index in [-0.39, 0.29) is 24.8 Å². The SMILES string of the molecule is CC(=O)NC[C@H]1CN(c2ccc(N3CCN(CCCn4c([N+](=O)[O-])cnc4C)CC3)c(F)c2)C(=O)O1. The summed E-state index contributed by atoms with van der Waals surface area (Å²) in [6.45, 7) is 7.66. The van der Waals surface area contributed by atoms with Gasteiger partial charge in [-0.2, -0.15) is 0 Å². The van der Waals surface area contributed by atoms with E-state index in [1.165, 1.54) is 24.1 Å². The van der Waals surface area contributed by atoms with Crippen LogP contribution in [0.15, 0.2) is 24.4 Å². The molecule has 0 spiro atoms. The van der Waals surface area contributed by atoms with Crippen molar-refractivity contribution in [3.05, 3.63) is 46.2 Å². The van der Waals surface area contributed by atoms with Crippen molar-refractivity contribution in [2.45, 2.75) is 32.9 Å². The van der Waals surface area contributed by atoms with Crippen molar-refractivity contribution in [2.24, 2.45) is 0 Å². The Labute approximate surface area is 207 Å². The number of hydrogen-bond donors (Lipinski definition) is 1. The number of aryl methyl sites for hydroxylation is 1. The number of aromatic nitrogens is 2. The Hall–Kier alpha value is -3.74. The molecule has 4 rings (SSSR count). The smallest absolute Gasteiger partial charge is 0.414 e. The number of cyclic esters (lactones) is 1. The second-order valence-corrected chi connectivity index (χ2v) is 8.94. The van der Waals surface area contributed by atoms with Gasteiger partial charge in [0, 0.05) is 46.6 Å². The molecule has 12 nitrogen and oxygen atoms in total. The molecule has 0 bridgehead atoms. The minimum absolute atomic E-state index is 0.00156. The standard InChI is InChI=1S/C23H30FN7O5/c1-16-25-14-22(31(34)35)29(16)7-3-6-27-8-10-28(11-9-27)21-5-4-18(12-20(21)24)30-15-19(36-23(30)33)13-26-17(2)32/h4-5,12,14,19H,3,6-11,13,15H2,1-2H3,(H,26,32)/t19-/m0/s1. The van der Waals surface area contributed by atoms with Crippen LogP contribution in [-0.2, 0) is 16.1 Å². The summed E-state index contributed by atoms with van der Waals surface area (Å²) in [5, 5.41) is 13.7. The zero-order valence-corrected chi connectivity index (χ0v) is 20.4. The number of nitrogens with zero attached hydrogens (tertiary/aromatic N) is 6. The topological polar surface area (TPSA) is 126 Å². The molecule has 2 aliphatic heterocycles. The first-order chi connectivity index (χ1) is 17.2. The summed E-state index contributed by atoms with van der Waals surface area (Å²) in [5.74, 6) is -0.00298. The first kappa shape index (κ1) is 25.4. The number of ether oxygens (including phenoxy) is 1. The van der Waals surface area contributed by atoms with Crippen LogP contribution >= 0.6 is 0 Å². The summed E-state index contributed by atoms with van der Waals surface area (Å²) >= 11 is 0. The first-order valence-corrected chi connectivity index (χ1v) is 11.9. The number of carbonyl (C=O) groups is 2. The first-order valence-electron chi connectivity index (χ1n) is 11.9. The third-order valence-corrected chi connectivity index (χ3v) is 6.49. The van der Waals surface area contributed by atoms with E-state index in [1.54, 1.807) is 23.6 Å². The summed E-state index contributed by atoms with van der Waals surface area (Å²) in [5.41, 5.74) is 0.888. The van der Waals surface area contributed by atoms with Crippen LogP contribution in [-0.4, -0.2) is 83.3 Å². The van der Waals surface area contributed by atoms with Crippen LogP contribution in [0.25, 0.3) is 0 Å². The van der Waals surface area contributed by atoms with Gasteiger partial charge in [0.2, 0.25) is 5.91 Å². The lowest BCUT2D eigenvalue weighted by Gasteiger charge is -2.36. The van der Waals surface area contributed by atoms with E-state index in [4.69, 9.17) is 4.74 Å². The average molecular weight is 504 g/mol. The van der Waals surface area contributed by atoms with Gasteiger partial charge in [0.05, 0.1) is 31.0 Å². The Kier molecular flexibility index (Phi) is 7.67. The molecular weight excluding hydrogens is 473 g/mol. The van der Waals surface area contributed by atoms with E-state index in [9.17, 15) is 19.7 Å². The van der Waals surface area contributed by atoms with E-state index in [2.05, 4.69) is 15.2 Å². The Morgan fingerprint density at radius 2 is 2.03 bits per heavy atom. The molecule has 0 saturated carbocycles. The molecule has 2 aromatic rings. The van der Waals surface area contributed by atoms with Gasteiger partial charge in [-0.15, -0.1) is 0 Å². The van der Waals surface area contributed by atoms with Gasteiger partial charge in [0.25, 0.3) is 0 Å². The molecule has 2 saturated heterocycles. The maximum Gasteiger partial charge on any atom is 0.414 e. The molecule has 1 N–H and O–H groups in total. The molecule has 1 aromatic carbocycles. The molecule has 1 atom stereocenters. The normalized spacial score (nSPS) is 18.4. The summed E-state index contributed by atoms with van der Waals surface area (Å²) in [4.78, 5) is 43.6. The third kappa shape index (κ3) is 5.73. The highest BCUT2D eigenvalue weighted by Crippen LogP contribution is 2.28. The number of benzene rings is 1. The Bertz CT molecular complexity index is 1130. The molecule has 13 heteroatoms. The van der Waals surface area contributed by atoms with Gasteiger partial charge in [-0.25, -0.2) is 18.7 Å². The van der Waals surface area contributed by atoms with Crippen LogP contribution in [0.2, 0.25) is 0 Å². The van der Waals surface area contributed by atoms with E-state index >= 15 is 4.39 Å². The number of anilines is 2. The maximum absolute atomic E-state index is 15.0. The summed E-state index contributed by atoms with van der Waals surface area (Å²) in [7, 11) is 0. The van der Waals surface area contributed by atoms with Gasteiger partial charge >= 0.3 is 11.9 Å². The molecule has 36 heavy (non-hydrogen) atoms. The van der Waals surface area contributed by atoms with Crippen LogP contribution in [0.4, 0.5) is 26.4 Å². The molecule has 3 heterocycles. The van der Waals surface area contributed by atoms with Crippen molar-refractivity contribution >= 4 is 29.2 Å². The molecular formula is C23H30FN7O5. The molecule has 2 aliphatic rings. The van der Waals surface area contributed by atoms with E-state index in [0.717, 1.165) is 26.1 Å². The van der Waals surface area contributed by atoms with Gasteiger partial charge < -0.3 is 25.1 Å². The Morgan fingerprint density at radius 3 is 2.69 bits per heavy atom. The van der Waals surface area contributed by atoms with Crippen molar-refractivity contribution in [3.8, 4) is 0 Å². The monoisotopic (exact) mass is 503 g/mol. The molecule has 194 valence electrons. The number of imidazole rings is 1. The predicted octanol–water partition coefficient (Wildman–Crippen LogP) is 1.91. The molecule has 2 fully saturated rings. The fourth-order valence-corrected chi connectivity index (χ4v) is 4.56. The number of nitro groups is 1. The molecule has 0 unspecified atom stereocenters. The van der Waals surface area contributed by atoms with Gasteiger partial charge in [0.1, 0.15) is 18.1 Å². The van der Waals surface area contributed by atoms with Crippen molar-refractivity contribution in [3.63, 3.8) is 0 Å². The van der Waals surface area contributed by atoms with Gasteiger partial charge in [-0.3, -0.25) is 14.6 Å². The van der Waals surface area contributed by atoms with E-state index in [1.807, 2.05) is 4.90 Å². The fraction of sp³-hybridized carbons (Fsp3) is 0.522. The Morgan fingerprint density at radius 1 is 1.28 bits per heavy atom. The average Bonchev–Trinajstić information content (AvgIpc) is 3.40. The number of nitrogens with one attached hydrogen (secondary N) is 1. The fourth-order valence-electron chi connectivity index (χ4n) is 4.56. The van der Waals surface area contributed by atoms with Gasteiger partial charge in [-0.05, 0) is 29.5 Å². The highest BCUT2D eigenvalue weighted by molar-refractivity contribution is 5.90. The highest BCUT2D eigenvalue weighted by Gasteiger charge is 2.33. The molecule has 2 amide bonds. The quantitative estimate of drug-likeness (QED) is 0.406. The van der Waals surface area contributed by atoms with E-state index < -0.39 is 22.9 Å². The second-order valence-electron chi connectivity index (χ2n) is 8.94. The number of hydrogen-bond acceptors (Lipinski definition) is 8. The number of halogens is 1. The van der Waals surface area contributed by atoms with Crippen LogP contribution < -0.4 is 15.1 Å². The number of carbonyl (C=O) groups excluding carboxylic acids is 2. The minimum Gasteiger partial charge on any atom is -0.442 e. The highest BCUT2D eigenvalue weighted by atomic mass is 19.1. The predicted molar refractivity (Wildman–Crippen MR) is 130 cm³/mol. The summed E-state index contributed by atoms with van der Waals surface area (Å²) in [6, 6.07) is 4.72. The van der Waals surface area contributed by atoms with Crippen LogP contribution in [0, 0.1) is 22.9 Å². The van der Waals surface area contributed by atoms with E-state index in [0.29, 0.717) is 36.8 Å². The molecule has 0 aliphatic carbocycles. The number of amides is 2. The van der Waals surface area contributed by atoms with Crippen molar-refractivity contribution in [1.29, 1.82) is 0 Å². The molecule has 0 radical (unpaired) electrons. The van der Waals surface area contributed by atoms with Gasteiger partial charge in [-0.1, -0.05) is 0 Å². The Balaban J connectivity index is 1.27. The van der Waals surface area contributed by atoms with Crippen molar-refractivity contribution in [2.75, 3.05) is 55.6 Å². The van der Waals surface area contributed by atoms with Crippen molar-refractivity contribution < 1.29 is 23.6 Å². The summed E-state index contributed by atoms with van der Waals surface area (Å²) < 4.78 is 21.9. The van der Waals surface area contributed by atoms with Gasteiger partial charge in [0.15, 0.2) is 5.82 Å².